The predicted octanol–water partition coefficient (Wildman–Crippen LogP) is 2.68. The van der Waals surface area contributed by atoms with Crippen LogP contribution >= 0.6 is 0 Å². The molecule has 0 aliphatic carbocycles. The molecule has 0 unspecified atom stereocenters. The first-order chi connectivity index (χ1) is 13.5. The summed E-state index contributed by atoms with van der Waals surface area (Å²) in [5, 5.41) is 2.52. The Labute approximate surface area is 162 Å². The minimum atomic E-state index is -0.697. The maximum atomic E-state index is 12.2. The Morgan fingerprint density at radius 3 is 2.39 bits per heavy atom. The molecule has 2 aromatic carbocycles. The molecule has 0 saturated carbocycles. The fraction of sp³-hybridized carbons (Fsp3) is 0.250. The van der Waals surface area contributed by atoms with Gasteiger partial charge in [0.15, 0.2) is 18.1 Å². The number of nitrogens with one attached hydrogen (secondary N) is 1. The minimum absolute atomic E-state index is 0.195. The molecule has 148 valence electrons. The van der Waals surface area contributed by atoms with E-state index in [-0.39, 0.29) is 16.8 Å². The van der Waals surface area contributed by atoms with Crippen LogP contribution in [0.5, 0.6) is 11.5 Å². The second-order valence-electron chi connectivity index (χ2n) is 5.46. The van der Waals surface area contributed by atoms with Gasteiger partial charge in [-0.05, 0) is 37.3 Å². The molecule has 8 heteroatoms. The first-order valence-corrected chi connectivity index (χ1v) is 8.45. The molecule has 0 heterocycles. The summed E-state index contributed by atoms with van der Waals surface area (Å²) in [6.07, 6.45) is 0. The number of amides is 1. The lowest BCUT2D eigenvalue weighted by Gasteiger charge is -2.11. The predicted molar refractivity (Wildman–Crippen MR) is 101 cm³/mol. The van der Waals surface area contributed by atoms with E-state index in [2.05, 4.69) is 10.1 Å². The zero-order valence-electron chi connectivity index (χ0n) is 15.8. The van der Waals surface area contributed by atoms with Crippen molar-refractivity contribution in [2.24, 2.45) is 0 Å². The number of ether oxygens (including phenoxy) is 4. The highest BCUT2D eigenvalue weighted by Crippen LogP contribution is 2.28. The average Bonchev–Trinajstić information content (AvgIpc) is 2.72. The molecule has 0 aromatic heterocycles. The number of benzene rings is 2. The Bertz CT molecular complexity index is 863. The van der Waals surface area contributed by atoms with Gasteiger partial charge < -0.3 is 24.3 Å². The Morgan fingerprint density at radius 2 is 1.71 bits per heavy atom. The smallest absolute Gasteiger partial charge is 0.339 e. The van der Waals surface area contributed by atoms with E-state index in [1.165, 1.54) is 32.4 Å². The molecule has 0 bridgehead atoms. The summed E-state index contributed by atoms with van der Waals surface area (Å²) in [6, 6.07) is 10.9. The summed E-state index contributed by atoms with van der Waals surface area (Å²) < 4.78 is 20.3. The van der Waals surface area contributed by atoms with Crippen molar-refractivity contribution in [1.29, 1.82) is 0 Å². The molecule has 0 radical (unpaired) electrons. The van der Waals surface area contributed by atoms with Crippen molar-refractivity contribution in [3.05, 3.63) is 53.6 Å². The molecule has 0 saturated heterocycles. The summed E-state index contributed by atoms with van der Waals surface area (Å²) in [5.74, 6) is -0.999. The molecule has 2 aromatic rings. The first-order valence-electron chi connectivity index (χ1n) is 8.45. The van der Waals surface area contributed by atoms with E-state index in [0.29, 0.717) is 18.1 Å². The lowest BCUT2D eigenvalue weighted by Crippen LogP contribution is -2.22. The van der Waals surface area contributed by atoms with Gasteiger partial charge in [0, 0.05) is 0 Å². The number of hydrogen-bond donors (Lipinski definition) is 1. The van der Waals surface area contributed by atoms with Crippen LogP contribution in [0.25, 0.3) is 0 Å². The summed E-state index contributed by atoms with van der Waals surface area (Å²) in [5.41, 5.74) is 0.669. The van der Waals surface area contributed by atoms with Gasteiger partial charge in [0.2, 0.25) is 0 Å². The largest absolute Gasteiger partial charge is 0.493 e. The van der Waals surface area contributed by atoms with Crippen LogP contribution in [0, 0.1) is 0 Å². The van der Waals surface area contributed by atoms with Crippen molar-refractivity contribution in [2.45, 2.75) is 6.92 Å². The van der Waals surface area contributed by atoms with Crippen LogP contribution in [0.1, 0.15) is 27.6 Å². The van der Waals surface area contributed by atoms with E-state index in [1.54, 1.807) is 24.3 Å². The average molecular weight is 387 g/mol. The molecular formula is C20H21NO7. The quantitative estimate of drug-likeness (QED) is 0.695. The third kappa shape index (κ3) is 5.23. The fourth-order valence-corrected chi connectivity index (χ4v) is 2.35. The van der Waals surface area contributed by atoms with E-state index in [0.717, 1.165) is 0 Å². The van der Waals surface area contributed by atoms with Gasteiger partial charge in [-0.25, -0.2) is 9.59 Å². The number of methoxy groups -OCH3 is 2. The van der Waals surface area contributed by atoms with Crippen molar-refractivity contribution in [1.82, 2.24) is 0 Å². The third-order valence-electron chi connectivity index (χ3n) is 3.64. The monoisotopic (exact) mass is 387 g/mol. The van der Waals surface area contributed by atoms with Crippen LogP contribution in [0.2, 0.25) is 0 Å². The molecule has 8 nitrogen and oxygen atoms in total. The van der Waals surface area contributed by atoms with E-state index < -0.39 is 24.5 Å². The van der Waals surface area contributed by atoms with Crippen molar-refractivity contribution in [2.75, 3.05) is 32.8 Å². The van der Waals surface area contributed by atoms with Gasteiger partial charge in [0.1, 0.15) is 0 Å². The van der Waals surface area contributed by atoms with E-state index in [9.17, 15) is 14.4 Å². The maximum Gasteiger partial charge on any atom is 0.339 e. The molecule has 0 spiro atoms. The number of carbonyl (C=O) groups excluding carboxylic acids is 3. The summed E-state index contributed by atoms with van der Waals surface area (Å²) in [4.78, 5) is 36.0. The second kappa shape index (κ2) is 9.96. The normalized spacial score (nSPS) is 9.96. The number of hydrogen-bond acceptors (Lipinski definition) is 7. The highest BCUT2D eigenvalue weighted by atomic mass is 16.5. The summed E-state index contributed by atoms with van der Waals surface area (Å²) in [7, 11) is 2.70. The van der Waals surface area contributed by atoms with Gasteiger partial charge in [0.25, 0.3) is 5.91 Å². The fourth-order valence-electron chi connectivity index (χ4n) is 2.35. The zero-order chi connectivity index (χ0) is 20.5. The van der Waals surface area contributed by atoms with Gasteiger partial charge in [0.05, 0.1) is 37.6 Å². The molecule has 28 heavy (non-hydrogen) atoms. The van der Waals surface area contributed by atoms with Crippen molar-refractivity contribution in [3.8, 4) is 11.5 Å². The molecule has 0 aliphatic rings. The van der Waals surface area contributed by atoms with Crippen LogP contribution < -0.4 is 14.8 Å². The molecule has 0 aliphatic heterocycles. The maximum absolute atomic E-state index is 12.2. The SMILES string of the molecule is CCOc1ccc(C(=O)OCC(=O)Nc2ccccc2C(=O)OC)cc1OC. The van der Waals surface area contributed by atoms with E-state index in [1.807, 2.05) is 6.92 Å². The topological polar surface area (TPSA) is 100 Å². The number of anilines is 1. The van der Waals surface area contributed by atoms with Gasteiger partial charge in [-0.3, -0.25) is 4.79 Å². The molecule has 1 N–H and O–H groups in total. The van der Waals surface area contributed by atoms with Gasteiger partial charge in [-0.1, -0.05) is 12.1 Å². The highest BCUT2D eigenvalue weighted by Gasteiger charge is 2.16. The zero-order valence-corrected chi connectivity index (χ0v) is 15.8. The lowest BCUT2D eigenvalue weighted by molar-refractivity contribution is -0.119. The van der Waals surface area contributed by atoms with Crippen LogP contribution in [-0.4, -0.2) is 45.3 Å². The van der Waals surface area contributed by atoms with E-state index in [4.69, 9.17) is 14.2 Å². The van der Waals surface area contributed by atoms with Crippen molar-refractivity contribution in [3.63, 3.8) is 0 Å². The Morgan fingerprint density at radius 1 is 0.964 bits per heavy atom. The second-order valence-corrected chi connectivity index (χ2v) is 5.46. The van der Waals surface area contributed by atoms with E-state index >= 15 is 0 Å². The number of rotatable bonds is 8. The number of esters is 2. The number of para-hydroxylation sites is 1. The summed E-state index contributed by atoms with van der Waals surface area (Å²) in [6.45, 7) is 1.76. The first kappa shape index (κ1) is 20.8. The van der Waals surface area contributed by atoms with Crippen LogP contribution in [0.4, 0.5) is 5.69 Å². The van der Waals surface area contributed by atoms with Gasteiger partial charge in [-0.15, -0.1) is 0 Å². The van der Waals surface area contributed by atoms with Crippen LogP contribution in [0.15, 0.2) is 42.5 Å². The van der Waals surface area contributed by atoms with Crippen molar-refractivity contribution < 1.29 is 33.3 Å². The number of carbonyl (C=O) groups is 3. The molecule has 0 atom stereocenters. The molecule has 2 rings (SSSR count). The van der Waals surface area contributed by atoms with Gasteiger partial charge >= 0.3 is 11.9 Å². The van der Waals surface area contributed by atoms with Gasteiger partial charge in [-0.2, -0.15) is 0 Å². The molecular weight excluding hydrogens is 366 g/mol. The minimum Gasteiger partial charge on any atom is -0.493 e. The van der Waals surface area contributed by atoms with Crippen LogP contribution in [-0.2, 0) is 14.3 Å². The Hall–Kier alpha value is -3.55. The standard InChI is InChI=1S/C20H21NO7/c1-4-27-16-10-9-13(11-17(16)25-2)19(23)28-12-18(22)21-15-8-6-5-7-14(15)20(24)26-3/h5-11H,4,12H2,1-3H3,(H,21,22). The molecule has 1 amide bonds. The van der Waals surface area contributed by atoms with Crippen LogP contribution in [0.3, 0.4) is 0 Å². The highest BCUT2D eigenvalue weighted by molar-refractivity contribution is 6.02. The molecule has 0 fully saturated rings. The summed E-state index contributed by atoms with van der Waals surface area (Å²) >= 11 is 0. The lowest BCUT2D eigenvalue weighted by atomic mass is 10.2. The third-order valence-corrected chi connectivity index (χ3v) is 3.64. The van der Waals surface area contributed by atoms with Crippen molar-refractivity contribution >= 4 is 23.5 Å². The Kier molecular flexibility index (Phi) is 7.38. The Balaban J connectivity index is 2.00.